The van der Waals surface area contributed by atoms with E-state index in [1.165, 1.54) is 0 Å². The second-order valence-corrected chi connectivity index (χ2v) is 13.0. The first-order chi connectivity index (χ1) is 8.58. The topological polar surface area (TPSA) is 0 Å². The van der Waals surface area contributed by atoms with Gasteiger partial charge in [0.05, 0.1) is 0 Å². The number of hydrogen-bond donors (Lipinski definition) is 0. The molecule has 0 nitrogen and oxygen atoms in total. The molecule has 6 heteroatoms. The summed E-state index contributed by atoms with van der Waals surface area (Å²) in [5, 5.41) is 2.07. The van der Waals surface area contributed by atoms with Crippen LogP contribution >= 0.6 is 44.3 Å². The molecule has 0 bridgehead atoms. The maximum absolute atomic E-state index is 5.94. The van der Waals surface area contributed by atoms with Gasteiger partial charge in [0, 0.05) is 0 Å². The van der Waals surface area contributed by atoms with Crippen molar-refractivity contribution in [3.05, 3.63) is 48.5 Å². The molecule has 94 valence electrons. The van der Waals surface area contributed by atoms with Gasteiger partial charge in [0.15, 0.2) is 0 Å². The number of hydrogen-bond acceptors (Lipinski definition) is 0. The molecule has 0 aliphatic rings. The lowest BCUT2D eigenvalue weighted by atomic mass is 10.1. The zero-order chi connectivity index (χ0) is 13.1. The van der Waals surface area contributed by atoms with Gasteiger partial charge in [-0.15, -0.1) is 44.3 Å². The fourth-order valence-corrected chi connectivity index (χ4v) is 4.35. The van der Waals surface area contributed by atoms with Crippen LogP contribution in [0.15, 0.2) is 48.5 Å². The van der Waals surface area contributed by atoms with Crippen LogP contribution in [0.5, 0.6) is 0 Å². The van der Waals surface area contributed by atoms with Gasteiger partial charge in [-0.05, 0) is 21.5 Å². The van der Waals surface area contributed by atoms with Crippen LogP contribution in [-0.4, -0.2) is 14.8 Å². The zero-order valence-corrected chi connectivity index (χ0v) is 14.6. The first kappa shape index (κ1) is 14.4. The average Bonchev–Trinajstić information content (AvgIpc) is 2.39. The summed E-state index contributed by atoms with van der Waals surface area (Å²) in [7, 11) is -3.50. The first-order valence-corrected chi connectivity index (χ1v) is 13.5. The summed E-state index contributed by atoms with van der Waals surface area (Å²) in [6, 6.07) is 16.1. The molecule has 0 spiro atoms. The second kappa shape index (κ2) is 6.46. The van der Waals surface area contributed by atoms with Crippen LogP contribution in [0.1, 0.15) is 0 Å². The van der Waals surface area contributed by atoms with Crippen LogP contribution in [-0.2, 0) is 0 Å². The lowest BCUT2D eigenvalue weighted by Crippen LogP contribution is -2.17. The molecule has 0 N–H and O–H groups in total. The van der Waals surface area contributed by atoms with Crippen molar-refractivity contribution in [2.75, 3.05) is 0 Å². The SMILES string of the molecule is Cl[SiH](Cl)c1ccc(-c2ccc([SiH](Cl)Cl)cc2)cc1. The Morgan fingerprint density at radius 3 is 1.00 bits per heavy atom. The van der Waals surface area contributed by atoms with Crippen molar-refractivity contribution >= 4 is 69.5 Å². The van der Waals surface area contributed by atoms with Crippen LogP contribution in [0.2, 0.25) is 0 Å². The van der Waals surface area contributed by atoms with Crippen molar-refractivity contribution in [2.24, 2.45) is 0 Å². The van der Waals surface area contributed by atoms with Crippen molar-refractivity contribution in [3.63, 3.8) is 0 Å². The van der Waals surface area contributed by atoms with Crippen molar-refractivity contribution in [2.45, 2.75) is 0 Å². The Balaban J connectivity index is 2.25. The number of halogens is 4. The van der Waals surface area contributed by atoms with E-state index in [0.717, 1.165) is 21.5 Å². The molecule has 0 amide bonds. The van der Waals surface area contributed by atoms with Crippen LogP contribution in [0.25, 0.3) is 11.1 Å². The first-order valence-electron chi connectivity index (χ1n) is 5.34. The van der Waals surface area contributed by atoms with Gasteiger partial charge >= 0.3 is 0 Å². The highest BCUT2D eigenvalue weighted by atomic mass is 35.7. The third-order valence-corrected chi connectivity index (χ3v) is 7.46. The van der Waals surface area contributed by atoms with E-state index in [1.807, 2.05) is 48.5 Å². The summed E-state index contributed by atoms with van der Waals surface area (Å²) in [6.45, 7) is 0. The fourth-order valence-electron chi connectivity index (χ4n) is 1.64. The zero-order valence-electron chi connectivity index (χ0n) is 9.29. The third kappa shape index (κ3) is 3.53. The van der Waals surface area contributed by atoms with Crippen LogP contribution in [0.3, 0.4) is 0 Å². The van der Waals surface area contributed by atoms with Gasteiger partial charge in [0.25, 0.3) is 14.8 Å². The molecule has 0 aliphatic carbocycles. The molecule has 0 radical (unpaired) electrons. The highest BCUT2D eigenvalue weighted by Crippen LogP contribution is 2.18. The monoisotopic (exact) mass is 350 g/mol. The van der Waals surface area contributed by atoms with Gasteiger partial charge in [-0.1, -0.05) is 48.5 Å². The third-order valence-electron chi connectivity index (χ3n) is 2.66. The molecule has 0 aromatic heterocycles. The lowest BCUT2D eigenvalue weighted by molar-refractivity contribution is 1.66. The minimum atomic E-state index is -1.75. The van der Waals surface area contributed by atoms with Crippen molar-refractivity contribution in [1.82, 2.24) is 0 Å². The normalized spacial score (nSPS) is 11.2. The summed E-state index contributed by atoms with van der Waals surface area (Å²) in [4.78, 5) is 0. The highest BCUT2D eigenvalue weighted by molar-refractivity contribution is 7.39. The summed E-state index contributed by atoms with van der Waals surface area (Å²) in [5.74, 6) is 0. The highest BCUT2D eigenvalue weighted by Gasteiger charge is 2.08. The Kier molecular flexibility index (Phi) is 5.18. The molecule has 2 aromatic rings. The lowest BCUT2D eigenvalue weighted by Gasteiger charge is -2.06. The molecule has 0 atom stereocenters. The maximum atomic E-state index is 5.94. The fraction of sp³-hybridized carbons (Fsp3) is 0. The molecule has 2 rings (SSSR count). The summed E-state index contributed by atoms with van der Waals surface area (Å²) in [6.07, 6.45) is 0. The molecule has 0 fully saturated rings. The van der Waals surface area contributed by atoms with Crippen molar-refractivity contribution in [1.29, 1.82) is 0 Å². The predicted molar refractivity (Wildman–Crippen MR) is 88.9 cm³/mol. The van der Waals surface area contributed by atoms with Crippen LogP contribution in [0, 0.1) is 0 Å². The van der Waals surface area contributed by atoms with E-state index >= 15 is 0 Å². The molecule has 0 saturated heterocycles. The van der Waals surface area contributed by atoms with Crippen LogP contribution < -0.4 is 10.4 Å². The Labute approximate surface area is 128 Å². The molecule has 0 aliphatic heterocycles. The van der Waals surface area contributed by atoms with E-state index in [9.17, 15) is 0 Å². The van der Waals surface area contributed by atoms with Gasteiger partial charge in [-0.25, -0.2) is 0 Å². The van der Waals surface area contributed by atoms with E-state index in [0.29, 0.717) is 0 Å². The second-order valence-electron chi connectivity index (χ2n) is 3.85. The number of benzene rings is 2. The van der Waals surface area contributed by atoms with Gasteiger partial charge in [-0.2, -0.15) is 0 Å². The van der Waals surface area contributed by atoms with E-state index in [-0.39, 0.29) is 0 Å². The van der Waals surface area contributed by atoms with Crippen molar-refractivity contribution < 1.29 is 0 Å². The van der Waals surface area contributed by atoms with Crippen LogP contribution in [0.4, 0.5) is 0 Å². The minimum Gasteiger partial charge on any atom is -0.144 e. The summed E-state index contributed by atoms with van der Waals surface area (Å²) < 4.78 is 0. The number of rotatable bonds is 3. The smallest absolute Gasteiger partial charge is 0.144 e. The van der Waals surface area contributed by atoms with E-state index < -0.39 is 14.8 Å². The molecule has 18 heavy (non-hydrogen) atoms. The molecule has 0 saturated carbocycles. The van der Waals surface area contributed by atoms with Gasteiger partial charge in [-0.3, -0.25) is 0 Å². The van der Waals surface area contributed by atoms with E-state index in [2.05, 4.69) is 0 Å². The summed E-state index contributed by atoms with van der Waals surface area (Å²) >= 11 is 23.7. The van der Waals surface area contributed by atoms with E-state index in [4.69, 9.17) is 44.3 Å². The van der Waals surface area contributed by atoms with E-state index in [1.54, 1.807) is 0 Å². The molecular weight excluding hydrogens is 342 g/mol. The Morgan fingerprint density at radius 2 is 0.778 bits per heavy atom. The standard InChI is InChI=1S/C12H10Cl4Si2/c13-17(14)11-5-1-9(2-6-11)10-3-7-12(8-4-10)18(15)16/h1-8,17-18H. The summed E-state index contributed by atoms with van der Waals surface area (Å²) in [5.41, 5.74) is 2.27. The minimum absolute atomic E-state index is 1.03. The molecule has 0 unspecified atom stereocenters. The Bertz CT molecular complexity index is 459. The van der Waals surface area contributed by atoms with Gasteiger partial charge in [0.2, 0.25) is 0 Å². The average molecular weight is 352 g/mol. The Morgan fingerprint density at radius 1 is 0.500 bits per heavy atom. The van der Waals surface area contributed by atoms with Gasteiger partial charge in [0.1, 0.15) is 0 Å². The maximum Gasteiger partial charge on any atom is 0.266 e. The Hall–Kier alpha value is 0.0338. The largest absolute Gasteiger partial charge is 0.266 e. The molecular formula is C12H10Cl4Si2. The molecule has 2 aromatic carbocycles. The van der Waals surface area contributed by atoms with Gasteiger partial charge < -0.3 is 0 Å². The quantitative estimate of drug-likeness (QED) is 0.588. The van der Waals surface area contributed by atoms with Crippen molar-refractivity contribution in [3.8, 4) is 11.1 Å². The predicted octanol–water partition coefficient (Wildman–Crippen LogP) is 3.16. The molecule has 0 heterocycles.